The number of aryl methyl sites for hydroxylation is 1. The molecule has 1 atom stereocenters. The molecular formula is C18H23NO3. The van der Waals surface area contributed by atoms with Crippen molar-refractivity contribution in [1.29, 1.82) is 0 Å². The maximum atomic E-state index is 12.2. The molecule has 2 fully saturated rings. The fraction of sp³-hybridized carbons (Fsp3) is 0.556. The lowest BCUT2D eigenvalue weighted by molar-refractivity contribution is -0.139. The first-order chi connectivity index (χ1) is 10.6. The van der Waals surface area contributed by atoms with Gasteiger partial charge in [-0.25, -0.2) is 0 Å². The fourth-order valence-corrected chi connectivity index (χ4v) is 3.70. The lowest BCUT2D eigenvalue weighted by atomic mass is 9.90. The summed E-state index contributed by atoms with van der Waals surface area (Å²) in [4.78, 5) is 25.2. The molecule has 2 aliphatic rings. The summed E-state index contributed by atoms with van der Waals surface area (Å²) in [5.74, 6) is -0.608. The number of hydrogen-bond donors (Lipinski definition) is 1. The van der Waals surface area contributed by atoms with Gasteiger partial charge >= 0.3 is 5.97 Å². The van der Waals surface area contributed by atoms with Crippen LogP contribution < -0.4 is 0 Å². The SMILES string of the molecule is O=C(O)C1CC12CCN(C(=O)CCCc1ccccc1)CC2. The molecule has 0 aromatic heterocycles. The van der Waals surface area contributed by atoms with Crippen LogP contribution in [-0.4, -0.2) is 35.0 Å². The molecule has 1 spiro atoms. The first-order valence-corrected chi connectivity index (χ1v) is 8.15. The van der Waals surface area contributed by atoms with Crippen LogP contribution in [0.4, 0.5) is 0 Å². The number of carboxylic acid groups (broad SMARTS) is 1. The van der Waals surface area contributed by atoms with Gasteiger partial charge in [-0.05, 0) is 43.1 Å². The average Bonchev–Trinajstić information content (AvgIpc) is 3.23. The van der Waals surface area contributed by atoms with Gasteiger partial charge < -0.3 is 10.0 Å². The third-order valence-corrected chi connectivity index (χ3v) is 5.30. The van der Waals surface area contributed by atoms with E-state index in [2.05, 4.69) is 12.1 Å². The summed E-state index contributed by atoms with van der Waals surface area (Å²) in [6.45, 7) is 1.46. The Bertz CT molecular complexity index is 547. The van der Waals surface area contributed by atoms with Crippen molar-refractivity contribution >= 4 is 11.9 Å². The molecule has 1 aliphatic heterocycles. The number of piperidine rings is 1. The van der Waals surface area contributed by atoms with Gasteiger partial charge in [-0.3, -0.25) is 9.59 Å². The number of hydrogen-bond acceptors (Lipinski definition) is 2. The Hall–Kier alpha value is -1.84. The highest BCUT2D eigenvalue weighted by molar-refractivity contribution is 5.77. The highest BCUT2D eigenvalue weighted by Crippen LogP contribution is 2.59. The number of carboxylic acids is 1. The molecule has 0 radical (unpaired) electrons. The van der Waals surface area contributed by atoms with Crippen LogP contribution in [0.15, 0.2) is 30.3 Å². The van der Waals surface area contributed by atoms with E-state index in [9.17, 15) is 9.59 Å². The zero-order chi connectivity index (χ0) is 15.6. The number of carbonyl (C=O) groups is 2. The van der Waals surface area contributed by atoms with E-state index in [4.69, 9.17) is 5.11 Å². The number of carbonyl (C=O) groups excluding carboxylic acids is 1. The Balaban J connectivity index is 1.40. The molecule has 1 N–H and O–H groups in total. The zero-order valence-corrected chi connectivity index (χ0v) is 12.8. The van der Waals surface area contributed by atoms with Crippen molar-refractivity contribution in [1.82, 2.24) is 4.90 Å². The van der Waals surface area contributed by atoms with E-state index in [0.29, 0.717) is 6.42 Å². The fourth-order valence-electron chi connectivity index (χ4n) is 3.70. The van der Waals surface area contributed by atoms with Gasteiger partial charge in [0.15, 0.2) is 0 Å². The van der Waals surface area contributed by atoms with Gasteiger partial charge in [-0.2, -0.15) is 0 Å². The Morgan fingerprint density at radius 1 is 1.18 bits per heavy atom. The molecule has 4 nitrogen and oxygen atoms in total. The minimum absolute atomic E-state index is 0.00660. The van der Waals surface area contributed by atoms with Crippen molar-refractivity contribution in [2.24, 2.45) is 11.3 Å². The van der Waals surface area contributed by atoms with Crippen LogP contribution in [0.5, 0.6) is 0 Å². The molecule has 1 aromatic carbocycles. The molecule has 1 saturated carbocycles. The Morgan fingerprint density at radius 2 is 1.86 bits per heavy atom. The van der Waals surface area contributed by atoms with Crippen LogP contribution in [0.25, 0.3) is 0 Å². The second-order valence-corrected chi connectivity index (χ2v) is 6.68. The Kier molecular flexibility index (Phi) is 4.19. The molecule has 22 heavy (non-hydrogen) atoms. The van der Waals surface area contributed by atoms with Crippen molar-refractivity contribution in [3.63, 3.8) is 0 Å². The third kappa shape index (κ3) is 3.16. The predicted molar refractivity (Wildman–Crippen MR) is 83.4 cm³/mol. The van der Waals surface area contributed by atoms with Crippen molar-refractivity contribution in [2.75, 3.05) is 13.1 Å². The van der Waals surface area contributed by atoms with Crippen molar-refractivity contribution in [3.05, 3.63) is 35.9 Å². The Labute approximate surface area is 131 Å². The monoisotopic (exact) mass is 301 g/mol. The normalized spacial score (nSPS) is 22.5. The summed E-state index contributed by atoms with van der Waals surface area (Å²) in [6.07, 6.45) is 4.92. The topological polar surface area (TPSA) is 57.6 Å². The van der Waals surface area contributed by atoms with E-state index in [1.165, 1.54) is 5.56 Å². The van der Waals surface area contributed by atoms with E-state index in [-0.39, 0.29) is 17.2 Å². The van der Waals surface area contributed by atoms with Gasteiger partial charge in [0.1, 0.15) is 0 Å². The molecule has 118 valence electrons. The molecule has 0 bridgehead atoms. The summed E-state index contributed by atoms with van der Waals surface area (Å²) in [7, 11) is 0. The number of benzene rings is 1. The molecule has 4 heteroatoms. The minimum atomic E-state index is -0.664. The minimum Gasteiger partial charge on any atom is -0.481 e. The van der Waals surface area contributed by atoms with Gasteiger partial charge in [-0.15, -0.1) is 0 Å². The van der Waals surface area contributed by atoms with Crippen LogP contribution in [0.2, 0.25) is 0 Å². The van der Waals surface area contributed by atoms with Gasteiger partial charge in [0, 0.05) is 19.5 Å². The van der Waals surface area contributed by atoms with Gasteiger partial charge in [0.25, 0.3) is 0 Å². The van der Waals surface area contributed by atoms with Crippen LogP contribution in [-0.2, 0) is 16.0 Å². The van der Waals surface area contributed by atoms with Crippen molar-refractivity contribution in [2.45, 2.75) is 38.5 Å². The second kappa shape index (κ2) is 6.11. The van der Waals surface area contributed by atoms with Crippen molar-refractivity contribution < 1.29 is 14.7 Å². The van der Waals surface area contributed by atoms with Crippen LogP contribution in [0, 0.1) is 11.3 Å². The largest absolute Gasteiger partial charge is 0.481 e. The van der Waals surface area contributed by atoms with Crippen LogP contribution in [0.3, 0.4) is 0 Å². The maximum absolute atomic E-state index is 12.2. The smallest absolute Gasteiger partial charge is 0.307 e. The van der Waals surface area contributed by atoms with E-state index < -0.39 is 5.97 Å². The molecular weight excluding hydrogens is 278 g/mol. The van der Waals surface area contributed by atoms with E-state index >= 15 is 0 Å². The summed E-state index contributed by atoms with van der Waals surface area (Å²) in [6, 6.07) is 10.2. The number of amides is 1. The average molecular weight is 301 g/mol. The highest BCUT2D eigenvalue weighted by Gasteiger charge is 2.59. The molecule has 1 amide bonds. The predicted octanol–water partition coefficient (Wildman–Crippen LogP) is 2.72. The molecule has 1 heterocycles. The van der Waals surface area contributed by atoms with E-state index in [0.717, 1.165) is 45.2 Å². The summed E-state index contributed by atoms with van der Waals surface area (Å²) < 4.78 is 0. The lowest BCUT2D eigenvalue weighted by Gasteiger charge is -2.32. The summed E-state index contributed by atoms with van der Waals surface area (Å²) in [5, 5.41) is 9.09. The summed E-state index contributed by atoms with van der Waals surface area (Å²) >= 11 is 0. The van der Waals surface area contributed by atoms with Gasteiger partial charge in [0.2, 0.25) is 5.91 Å². The maximum Gasteiger partial charge on any atom is 0.307 e. The number of likely N-dealkylation sites (tertiary alicyclic amines) is 1. The Morgan fingerprint density at radius 3 is 2.45 bits per heavy atom. The number of aliphatic carboxylic acids is 1. The zero-order valence-electron chi connectivity index (χ0n) is 12.8. The lowest BCUT2D eigenvalue weighted by Crippen LogP contribution is -2.39. The molecule has 1 aromatic rings. The molecule has 1 unspecified atom stereocenters. The van der Waals surface area contributed by atoms with E-state index in [1.807, 2.05) is 23.1 Å². The summed E-state index contributed by atoms with van der Waals surface area (Å²) in [5.41, 5.74) is 1.28. The van der Waals surface area contributed by atoms with Gasteiger partial charge in [0.05, 0.1) is 5.92 Å². The van der Waals surface area contributed by atoms with E-state index in [1.54, 1.807) is 0 Å². The first-order valence-electron chi connectivity index (χ1n) is 8.15. The highest BCUT2D eigenvalue weighted by atomic mass is 16.4. The van der Waals surface area contributed by atoms with Crippen LogP contribution >= 0.6 is 0 Å². The second-order valence-electron chi connectivity index (χ2n) is 6.68. The quantitative estimate of drug-likeness (QED) is 0.909. The third-order valence-electron chi connectivity index (χ3n) is 5.30. The number of nitrogens with zero attached hydrogens (tertiary/aromatic N) is 1. The molecule has 3 rings (SSSR count). The first kappa shape index (κ1) is 15.1. The standard InChI is InChI=1S/C18H23NO3/c20-16(8-4-7-14-5-2-1-3-6-14)19-11-9-18(10-12-19)13-15(18)17(21)22/h1-3,5-6,15H,4,7-13H2,(H,21,22). The van der Waals surface area contributed by atoms with Crippen molar-refractivity contribution in [3.8, 4) is 0 Å². The van der Waals surface area contributed by atoms with Crippen LogP contribution in [0.1, 0.15) is 37.7 Å². The molecule has 1 saturated heterocycles. The molecule has 1 aliphatic carbocycles. The van der Waals surface area contributed by atoms with Gasteiger partial charge in [-0.1, -0.05) is 30.3 Å². The number of rotatable bonds is 5.